The molecular formula is C11H11BrO4. The summed E-state index contributed by atoms with van der Waals surface area (Å²) in [6, 6.07) is 2.87. The molecule has 1 aromatic rings. The van der Waals surface area contributed by atoms with Gasteiger partial charge in [0.25, 0.3) is 0 Å². The zero-order chi connectivity index (χ0) is 12.5. The van der Waals surface area contributed by atoms with E-state index in [0.29, 0.717) is 16.3 Å². The number of hydrogen-bond acceptors (Lipinski definition) is 3. The number of rotatable bonds is 3. The SMILES string of the molecule is CC(C)(C(=O)O)c1cc(Br)c(O)c(C=O)c1. The summed E-state index contributed by atoms with van der Waals surface area (Å²) in [5, 5.41) is 18.6. The molecule has 1 aromatic carbocycles. The number of aliphatic carboxylic acids is 1. The molecule has 86 valence electrons. The number of carboxylic acid groups (broad SMARTS) is 1. The van der Waals surface area contributed by atoms with Crippen LogP contribution in [0.3, 0.4) is 0 Å². The highest BCUT2D eigenvalue weighted by Gasteiger charge is 2.30. The Hall–Kier alpha value is -1.36. The molecule has 0 aliphatic rings. The Kier molecular flexibility index (Phi) is 3.38. The van der Waals surface area contributed by atoms with Gasteiger partial charge < -0.3 is 10.2 Å². The fourth-order valence-electron chi connectivity index (χ4n) is 1.19. The van der Waals surface area contributed by atoms with Crippen molar-refractivity contribution in [2.45, 2.75) is 19.3 Å². The first-order valence-electron chi connectivity index (χ1n) is 4.52. The summed E-state index contributed by atoms with van der Waals surface area (Å²) >= 11 is 3.08. The third-order valence-corrected chi connectivity index (χ3v) is 3.08. The summed E-state index contributed by atoms with van der Waals surface area (Å²) in [4.78, 5) is 21.8. The number of phenolic OH excluding ortho intramolecular Hbond substituents is 1. The Morgan fingerprint density at radius 2 is 2.00 bits per heavy atom. The molecule has 0 bridgehead atoms. The third-order valence-electron chi connectivity index (χ3n) is 2.48. The monoisotopic (exact) mass is 286 g/mol. The van der Waals surface area contributed by atoms with E-state index < -0.39 is 11.4 Å². The van der Waals surface area contributed by atoms with Gasteiger partial charge in [0.2, 0.25) is 0 Å². The van der Waals surface area contributed by atoms with Gasteiger partial charge >= 0.3 is 5.97 Å². The maximum Gasteiger partial charge on any atom is 0.313 e. The Balaban J connectivity index is 3.43. The highest BCUT2D eigenvalue weighted by atomic mass is 79.9. The van der Waals surface area contributed by atoms with E-state index in [1.165, 1.54) is 26.0 Å². The van der Waals surface area contributed by atoms with Gasteiger partial charge in [-0.05, 0) is 47.5 Å². The molecule has 4 nitrogen and oxygen atoms in total. The zero-order valence-corrected chi connectivity index (χ0v) is 10.4. The van der Waals surface area contributed by atoms with Crippen LogP contribution in [0.25, 0.3) is 0 Å². The fraction of sp³-hybridized carbons (Fsp3) is 0.273. The van der Waals surface area contributed by atoms with Gasteiger partial charge in [0.15, 0.2) is 6.29 Å². The van der Waals surface area contributed by atoms with E-state index in [4.69, 9.17) is 5.11 Å². The van der Waals surface area contributed by atoms with Crippen LogP contribution < -0.4 is 0 Å². The van der Waals surface area contributed by atoms with E-state index in [2.05, 4.69) is 15.9 Å². The van der Waals surface area contributed by atoms with E-state index in [9.17, 15) is 14.7 Å². The predicted octanol–water partition coefficient (Wildman–Crippen LogP) is 2.33. The van der Waals surface area contributed by atoms with Gasteiger partial charge in [-0.3, -0.25) is 9.59 Å². The topological polar surface area (TPSA) is 74.6 Å². The lowest BCUT2D eigenvalue weighted by atomic mass is 9.84. The quantitative estimate of drug-likeness (QED) is 0.837. The van der Waals surface area contributed by atoms with Crippen LogP contribution in [-0.2, 0) is 10.2 Å². The average molecular weight is 287 g/mol. The number of hydrogen-bond donors (Lipinski definition) is 2. The van der Waals surface area contributed by atoms with E-state index in [0.717, 1.165) is 0 Å². The fourth-order valence-corrected chi connectivity index (χ4v) is 1.67. The molecule has 0 saturated heterocycles. The number of carboxylic acids is 1. The van der Waals surface area contributed by atoms with Crippen LogP contribution in [0, 0.1) is 0 Å². The molecule has 0 aliphatic heterocycles. The molecule has 5 heteroatoms. The largest absolute Gasteiger partial charge is 0.506 e. The first-order valence-corrected chi connectivity index (χ1v) is 5.31. The van der Waals surface area contributed by atoms with Crippen LogP contribution in [0.2, 0.25) is 0 Å². The van der Waals surface area contributed by atoms with Crippen LogP contribution in [-0.4, -0.2) is 22.5 Å². The zero-order valence-electron chi connectivity index (χ0n) is 8.82. The molecule has 0 amide bonds. The normalized spacial score (nSPS) is 11.2. The molecule has 0 fully saturated rings. The number of phenols is 1. The minimum absolute atomic E-state index is 0.0682. The lowest BCUT2D eigenvalue weighted by Crippen LogP contribution is -2.28. The molecule has 0 atom stereocenters. The standard InChI is InChI=1S/C11H11BrO4/c1-11(2,10(15)16)7-3-6(5-13)9(14)8(12)4-7/h3-5,14H,1-2H3,(H,15,16). The number of aldehydes is 1. The number of carbonyl (C=O) groups is 2. The lowest BCUT2D eigenvalue weighted by Gasteiger charge is -2.20. The van der Waals surface area contributed by atoms with Gasteiger partial charge in [-0.15, -0.1) is 0 Å². The molecular weight excluding hydrogens is 276 g/mol. The molecule has 0 heterocycles. The van der Waals surface area contributed by atoms with Crippen molar-refractivity contribution in [3.63, 3.8) is 0 Å². The summed E-state index contributed by atoms with van der Waals surface area (Å²) in [6.45, 7) is 3.06. The Morgan fingerprint density at radius 1 is 1.44 bits per heavy atom. The average Bonchev–Trinajstić information content (AvgIpc) is 2.21. The first kappa shape index (κ1) is 12.7. The lowest BCUT2D eigenvalue weighted by molar-refractivity contribution is -0.142. The molecule has 1 rings (SSSR count). The van der Waals surface area contributed by atoms with E-state index >= 15 is 0 Å². The summed E-state index contributed by atoms with van der Waals surface area (Å²) in [5.74, 6) is -1.18. The summed E-state index contributed by atoms with van der Waals surface area (Å²) in [6.07, 6.45) is 0.488. The van der Waals surface area contributed by atoms with Crippen molar-refractivity contribution in [3.8, 4) is 5.75 Å². The molecule has 0 spiro atoms. The maximum absolute atomic E-state index is 11.1. The Labute approximate surface area is 101 Å². The third kappa shape index (κ3) is 2.09. The highest BCUT2D eigenvalue weighted by molar-refractivity contribution is 9.10. The predicted molar refractivity (Wildman–Crippen MR) is 61.9 cm³/mol. The Bertz CT molecular complexity index is 452. The molecule has 0 unspecified atom stereocenters. The van der Waals surface area contributed by atoms with Crippen LogP contribution in [0.4, 0.5) is 0 Å². The van der Waals surface area contributed by atoms with Crippen molar-refractivity contribution < 1.29 is 19.8 Å². The van der Waals surface area contributed by atoms with Crippen molar-refractivity contribution >= 4 is 28.2 Å². The van der Waals surface area contributed by atoms with E-state index in [1.54, 1.807) is 0 Å². The van der Waals surface area contributed by atoms with Crippen molar-refractivity contribution in [1.82, 2.24) is 0 Å². The number of aromatic hydroxyl groups is 1. The van der Waals surface area contributed by atoms with E-state index in [1.807, 2.05) is 0 Å². The smallest absolute Gasteiger partial charge is 0.313 e. The van der Waals surface area contributed by atoms with Crippen molar-refractivity contribution in [2.75, 3.05) is 0 Å². The van der Waals surface area contributed by atoms with Crippen molar-refractivity contribution in [2.24, 2.45) is 0 Å². The van der Waals surface area contributed by atoms with Crippen LogP contribution in [0.1, 0.15) is 29.8 Å². The van der Waals surface area contributed by atoms with Crippen molar-refractivity contribution in [3.05, 3.63) is 27.7 Å². The molecule has 16 heavy (non-hydrogen) atoms. The van der Waals surface area contributed by atoms with Gasteiger partial charge in [0.1, 0.15) is 5.75 Å². The second-order valence-corrected chi connectivity index (χ2v) is 4.80. The molecule has 0 aliphatic carbocycles. The van der Waals surface area contributed by atoms with Gasteiger partial charge in [-0.25, -0.2) is 0 Å². The van der Waals surface area contributed by atoms with Gasteiger partial charge in [-0.1, -0.05) is 0 Å². The molecule has 0 aromatic heterocycles. The molecule has 0 radical (unpaired) electrons. The van der Waals surface area contributed by atoms with Gasteiger partial charge in [-0.2, -0.15) is 0 Å². The molecule has 0 saturated carbocycles. The summed E-state index contributed by atoms with van der Waals surface area (Å²) in [7, 11) is 0. The van der Waals surface area contributed by atoms with Crippen LogP contribution >= 0.6 is 15.9 Å². The van der Waals surface area contributed by atoms with Crippen LogP contribution in [0.5, 0.6) is 5.75 Å². The van der Waals surface area contributed by atoms with E-state index in [-0.39, 0.29) is 11.3 Å². The Morgan fingerprint density at radius 3 is 2.44 bits per heavy atom. The van der Waals surface area contributed by atoms with Crippen molar-refractivity contribution in [1.29, 1.82) is 0 Å². The summed E-state index contributed by atoms with van der Waals surface area (Å²) < 4.78 is 0.307. The van der Waals surface area contributed by atoms with Gasteiger partial charge in [0.05, 0.1) is 15.5 Å². The minimum atomic E-state index is -1.12. The van der Waals surface area contributed by atoms with Gasteiger partial charge in [0, 0.05) is 0 Å². The minimum Gasteiger partial charge on any atom is -0.506 e. The summed E-state index contributed by atoms with van der Waals surface area (Å²) in [5.41, 5.74) is -0.598. The number of benzene rings is 1. The molecule has 2 N–H and O–H groups in total. The highest BCUT2D eigenvalue weighted by Crippen LogP contribution is 2.33. The second kappa shape index (κ2) is 4.25. The second-order valence-electron chi connectivity index (χ2n) is 3.94. The number of halogens is 1. The first-order chi connectivity index (χ1) is 7.30. The van der Waals surface area contributed by atoms with Crippen LogP contribution in [0.15, 0.2) is 16.6 Å². The maximum atomic E-state index is 11.1. The number of carbonyl (C=O) groups excluding carboxylic acids is 1.